The summed E-state index contributed by atoms with van der Waals surface area (Å²) in [6.07, 6.45) is 60.2. The van der Waals surface area contributed by atoms with Crippen molar-refractivity contribution in [3.05, 3.63) is 24.3 Å². The summed E-state index contributed by atoms with van der Waals surface area (Å²) in [5, 5.41) is 0. The Morgan fingerprint density at radius 1 is 0.317 bits per heavy atom. The molecular weight excluding hydrogens is 781 g/mol. The minimum absolute atomic E-state index is 0.0703. The maximum Gasteiger partial charge on any atom is 0.306 e. The third kappa shape index (κ3) is 50.7. The molecule has 0 aromatic heterocycles. The summed E-state index contributed by atoms with van der Waals surface area (Å²) in [6, 6.07) is 0. The molecule has 0 radical (unpaired) electrons. The largest absolute Gasteiger partial charge is 0.462 e. The molecule has 370 valence electrons. The molecule has 0 aliphatic rings. The van der Waals surface area contributed by atoms with Crippen LogP contribution in [-0.4, -0.2) is 37.2 Å². The van der Waals surface area contributed by atoms with Crippen LogP contribution in [0.15, 0.2) is 24.3 Å². The van der Waals surface area contributed by atoms with E-state index in [1.54, 1.807) is 0 Å². The molecule has 0 aliphatic heterocycles. The lowest BCUT2D eigenvalue weighted by atomic mass is 10.0. The fourth-order valence-corrected chi connectivity index (χ4v) is 8.24. The minimum atomic E-state index is -0.771. The molecule has 0 N–H and O–H groups in total. The number of carbonyl (C=O) groups is 3. The van der Waals surface area contributed by atoms with Crippen LogP contribution < -0.4 is 0 Å². The molecule has 0 unspecified atom stereocenters. The normalized spacial score (nSPS) is 12.1. The van der Waals surface area contributed by atoms with E-state index in [2.05, 4.69) is 45.1 Å². The van der Waals surface area contributed by atoms with Gasteiger partial charge in [0.1, 0.15) is 13.2 Å². The first-order chi connectivity index (χ1) is 31.0. The Bertz CT molecular complexity index is 1020. The average molecular weight is 887 g/mol. The van der Waals surface area contributed by atoms with Crippen LogP contribution in [0, 0.1) is 0 Å². The van der Waals surface area contributed by atoms with E-state index in [1.165, 1.54) is 186 Å². The number of rotatable bonds is 51. The van der Waals surface area contributed by atoms with Gasteiger partial charge in [-0.2, -0.15) is 0 Å². The molecule has 0 spiro atoms. The number of ether oxygens (including phenoxy) is 3. The highest BCUT2D eigenvalue weighted by molar-refractivity contribution is 5.71. The second-order valence-corrected chi connectivity index (χ2v) is 18.9. The smallest absolute Gasteiger partial charge is 0.306 e. The second-order valence-electron chi connectivity index (χ2n) is 18.9. The zero-order chi connectivity index (χ0) is 45.8. The van der Waals surface area contributed by atoms with Crippen LogP contribution in [0.5, 0.6) is 0 Å². The van der Waals surface area contributed by atoms with Crippen LogP contribution in [0.3, 0.4) is 0 Å². The van der Waals surface area contributed by atoms with Gasteiger partial charge >= 0.3 is 17.9 Å². The molecule has 0 amide bonds. The van der Waals surface area contributed by atoms with Crippen molar-refractivity contribution in [1.29, 1.82) is 0 Å². The third-order valence-electron chi connectivity index (χ3n) is 12.5. The molecule has 1 atom stereocenters. The van der Waals surface area contributed by atoms with E-state index in [-0.39, 0.29) is 31.1 Å². The molecular formula is C57H106O6. The summed E-state index contributed by atoms with van der Waals surface area (Å²) in [4.78, 5) is 38.1. The predicted octanol–water partition coefficient (Wildman–Crippen LogP) is 18.3. The highest BCUT2D eigenvalue weighted by Crippen LogP contribution is 2.17. The summed E-state index contributed by atoms with van der Waals surface area (Å²) in [7, 11) is 0. The summed E-state index contributed by atoms with van der Waals surface area (Å²) >= 11 is 0. The molecule has 6 heteroatoms. The van der Waals surface area contributed by atoms with Crippen molar-refractivity contribution < 1.29 is 28.6 Å². The molecule has 0 rings (SSSR count). The Labute approximate surface area is 392 Å². The van der Waals surface area contributed by atoms with Crippen molar-refractivity contribution in [2.75, 3.05) is 13.2 Å². The Kier molecular flexibility index (Phi) is 50.8. The van der Waals surface area contributed by atoms with E-state index in [1.807, 2.05) is 0 Å². The van der Waals surface area contributed by atoms with E-state index in [4.69, 9.17) is 14.2 Å². The minimum Gasteiger partial charge on any atom is -0.462 e. The quantitative estimate of drug-likeness (QED) is 0.0262. The van der Waals surface area contributed by atoms with E-state index < -0.39 is 6.10 Å². The Balaban J connectivity index is 4.33. The number of unbranched alkanes of at least 4 members (excludes halogenated alkanes) is 36. The SMILES string of the molecule is CCCCC/C=C\C/C=C\CCCCCCCC(=O)OC[C@H](COC(=O)CCCCCCCCCCCCCCCCCCC)OC(=O)CCCCCCCCCCCCCCC. The molecule has 6 nitrogen and oxygen atoms in total. The molecule has 0 saturated heterocycles. The molecule has 0 saturated carbocycles. The predicted molar refractivity (Wildman–Crippen MR) is 270 cm³/mol. The molecule has 63 heavy (non-hydrogen) atoms. The summed E-state index contributed by atoms with van der Waals surface area (Å²) in [5.41, 5.74) is 0. The van der Waals surface area contributed by atoms with E-state index >= 15 is 0 Å². The lowest BCUT2D eigenvalue weighted by Crippen LogP contribution is -2.30. The van der Waals surface area contributed by atoms with Gasteiger partial charge in [0, 0.05) is 19.3 Å². The number of carbonyl (C=O) groups excluding carboxylic acids is 3. The van der Waals surface area contributed by atoms with Crippen molar-refractivity contribution in [2.24, 2.45) is 0 Å². The first-order valence-electron chi connectivity index (χ1n) is 27.8. The number of hydrogen-bond donors (Lipinski definition) is 0. The Morgan fingerprint density at radius 2 is 0.571 bits per heavy atom. The highest BCUT2D eigenvalue weighted by Gasteiger charge is 2.19. The van der Waals surface area contributed by atoms with Crippen molar-refractivity contribution in [2.45, 2.75) is 309 Å². The van der Waals surface area contributed by atoms with Gasteiger partial charge in [-0.3, -0.25) is 14.4 Å². The number of allylic oxidation sites excluding steroid dienone is 4. The number of hydrogen-bond acceptors (Lipinski definition) is 6. The van der Waals surface area contributed by atoms with Crippen LogP contribution >= 0.6 is 0 Å². The molecule has 0 bridgehead atoms. The number of esters is 3. The first kappa shape index (κ1) is 60.9. The molecule has 0 aliphatic carbocycles. The van der Waals surface area contributed by atoms with E-state index in [0.29, 0.717) is 19.3 Å². The average Bonchev–Trinajstić information content (AvgIpc) is 3.28. The van der Waals surface area contributed by atoms with Gasteiger partial charge < -0.3 is 14.2 Å². The van der Waals surface area contributed by atoms with Gasteiger partial charge in [-0.25, -0.2) is 0 Å². The van der Waals surface area contributed by atoms with Gasteiger partial charge in [-0.1, -0.05) is 257 Å². The highest BCUT2D eigenvalue weighted by atomic mass is 16.6. The topological polar surface area (TPSA) is 78.9 Å². The van der Waals surface area contributed by atoms with Crippen molar-refractivity contribution in [3.63, 3.8) is 0 Å². The second kappa shape index (κ2) is 52.5. The van der Waals surface area contributed by atoms with Crippen LogP contribution in [0.2, 0.25) is 0 Å². The first-order valence-corrected chi connectivity index (χ1v) is 27.8. The lowest BCUT2D eigenvalue weighted by Gasteiger charge is -2.18. The van der Waals surface area contributed by atoms with Gasteiger partial charge in [0.05, 0.1) is 0 Å². The fraction of sp³-hybridized carbons (Fsp3) is 0.877. The standard InChI is InChI=1S/C57H106O6/c1-4-7-10-13-16-19-22-25-27-28-30-33-35-38-41-44-47-50-56(59)62-53-54(63-57(60)51-48-45-42-39-36-31-24-21-18-15-12-9-6-3)52-61-55(58)49-46-43-40-37-34-32-29-26-23-20-17-14-11-8-5-2/h17,20,26,29,54H,4-16,18-19,21-25,27-28,30-53H2,1-3H3/b20-17-,29-26-/t54-/m1/s1. The molecule has 0 heterocycles. The summed E-state index contributed by atoms with van der Waals surface area (Å²) < 4.78 is 16.8. The molecule has 0 aromatic rings. The van der Waals surface area contributed by atoms with Gasteiger partial charge in [-0.15, -0.1) is 0 Å². The maximum atomic E-state index is 12.8. The fourth-order valence-electron chi connectivity index (χ4n) is 8.24. The van der Waals surface area contributed by atoms with Crippen LogP contribution in [-0.2, 0) is 28.6 Å². The van der Waals surface area contributed by atoms with Crippen LogP contribution in [0.25, 0.3) is 0 Å². The maximum absolute atomic E-state index is 12.8. The Hall–Kier alpha value is -2.11. The van der Waals surface area contributed by atoms with Gasteiger partial charge in [-0.05, 0) is 51.4 Å². The van der Waals surface area contributed by atoms with Crippen molar-refractivity contribution >= 4 is 17.9 Å². The van der Waals surface area contributed by atoms with Gasteiger partial charge in [0.15, 0.2) is 6.10 Å². The van der Waals surface area contributed by atoms with E-state index in [9.17, 15) is 14.4 Å². The van der Waals surface area contributed by atoms with Crippen LogP contribution in [0.1, 0.15) is 303 Å². The summed E-state index contributed by atoms with van der Waals surface area (Å²) in [6.45, 7) is 6.64. The van der Waals surface area contributed by atoms with Gasteiger partial charge in [0.25, 0.3) is 0 Å². The lowest BCUT2D eigenvalue weighted by molar-refractivity contribution is -0.167. The monoisotopic (exact) mass is 887 g/mol. The zero-order valence-electron chi connectivity index (χ0n) is 42.4. The van der Waals surface area contributed by atoms with Crippen LogP contribution in [0.4, 0.5) is 0 Å². The van der Waals surface area contributed by atoms with Gasteiger partial charge in [0.2, 0.25) is 0 Å². The zero-order valence-corrected chi connectivity index (χ0v) is 42.4. The summed E-state index contributed by atoms with van der Waals surface area (Å²) in [5.74, 6) is -0.866. The molecule has 0 aromatic carbocycles. The Morgan fingerprint density at radius 3 is 0.905 bits per heavy atom. The van der Waals surface area contributed by atoms with Crippen molar-refractivity contribution in [1.82, 2.24) is 0 Å². The van der Waals surface area contributed by atoms with E-state index in [0.717, 1.165) is 77.0 Å². The molecule has 0 fully saturated rings. The third-order valence-corrected chi connectivity index (χ3v) is 12.5. The van der Waals surface area contributed by atoms with Crippen molar-refractivity contribution in [3.8, 4) is 0 Å².